The summed E-state index contributed by atoms with van der Waals surface area (Å²) >= 11 is 0. The number of aliphatic hydroxyl groups excluding tert-OH is 3. The Morgan fingerprint density at radius 3 is 2.22 bits per heavy atom. The van der Waals surface area contributed by atoms with Gasteiger partial charge in [-0.1, -0.05) is 71.1 Å². The fourth-order valence-corrected chi connectivity index (χ4v) is 11.8. The first-order valence-electron chi connectivity index (χ1n) is 27.8. The second kappa shape index (κ2) is 30.0. The van der Waals surface area contributed by atoms with Gasteiger partial charge in [-0.3, -0.25) is 19.2 Å². The van der Waals surface area contributed by atoms with Crippen molar-refractivity contribution >= 4 is 29.2 Å². The number of Topliss-reactive ketones (excluding diaryl/α,β-unsaturated/α-hetero) is 3. The van der Waals surface area contributed by atoms with Gasteiger partial charge in [-0.15, -0.1) is 10.1 Å². The van der Waals surface area contributed by atoms with E-state index < -0.39 is 113 Å². The van der Waals surface area contributed by atoms with Crippen molar-refractivity contribution in [3.63, 3.8) is 0 Å². The summed E-state index contributed by atoms with van der Waals surface area (Å²) in [5.41, 5.74) is 1.27. The quantitative estimate of drug-likeness (QED) is 0.0826. The number of piperidine rings is 1. The van der Waals surface area contributed by atoms with Crippen LogP contribution in [-0.4, -0.2) is 180 Å². The molecule has 5 fully saturated rings. The largest absolute Gasteiger partial charge is 0.460 e. The average Bonchev–Trinajstić information content (AvgIpc) is 4.03. The SMILES string of the molecule is CO[C@H]1C[C@@H]2CC[C@@H](C)[C@@](O)(O2)C(=O)C(=O)N2CCCC[C@H]2C(=O)O[C@H]([C@H](C)C[C@@H]2CC[C@@H](O)[C@H](OC)C2)CC(=O)[C@H](C)/C=C(\C)[C@@H](O)[C@@H](OC)C(=O)[C@H](C)C[C@H](C)/C=C/C=C/C=C/1C.O=[N+]([O-])O[C@@H]1CO[C@H]2[C@@H]1OC[C@@H]2O. The maximum absolute atomic E-state index is 14.4. The normalized spacial score (nSPS) is 40.9. The molecule has 2 bridgehead atoms. The molecule has 0 radical (unpaired) electrons. The minimum absolute atomic E-state index is 0.0193. The van der Waals surface area contributed by atoms with Gasteiger partial charge in [0.25, 0.3) is 16.8 Å². The van der Waals surface area contributed by atoms with Gasteiger partial charge in [0.2, 0.25) is 5.79 Å². The number of carbonyl (C=O) groups is 5. The van der Waals surface area contributed by atoms with E-state index in [1.54, 1.807) is 41.1 Å². The Morgan fingerprint density at radius 2 is 1.54 bits per heavy atom. The van der Waals surface area contributed by atoms with Crippen LogP contribution in [0.4, 0.5) is 0 Å². The summed E-state index contributed by atoms with van der Waals surface area (Å²) in [6.07, 6.45) is 8.77. The summed E-state index contributed by atoms with van der Waals surface area (Å²) in [5, 5.41) is 52.3. The Labute approximate surface area is 459 Å². The van der Waals surface area contributed by atoms with Gasteiger partial charge in [0.05, 0.1) is 37.6 Å². The maximum atomic E-state index is 14.4. The predicted octanol–water partition coefficient (Wildman–Crippen LogP) is 4.90. The molecule has 1 amide bonds. The number of rotatable bonds is 8. The number of hydrogen-bond donors (Lipinski definition) is 4. The van der Waals surface area contributed by atoms with Crippen molar-refractivity contribution in [1.82, 2.24) is 4.90 Å². The molecule has 1 aliphatic carbocycles. The van der Waals surface area contributed by atoms with Gasteiger partial charge in [0, 0.05) is 58.5 Å². The summed E-state index contributed by atoms with van der Waals surface area (Å²) in [7, 11) is 4.52. The molecule has 21 heteroatoms. The molecule has 5 aliphatic heterocycles. The predicted molar refractivity (Wildman–Crippen MR) is 282 cm³/mol. The number of fused-ring (bicyclic) bond motifs is 4. The highest BCUT2D eigenvalue weighted by molar-refractivity contribution is 6.39. The average molecular weight is 1110 g/mol. The molecule has 4 saturated heterocycles. The first kappa shape index (κ1) is 64.5. The Hall–Kier alpha value is -4.29. The number of esters is 1. The van der Waals surface area contributed by atoms with Crippen molar-refractivity contribution in [1.29, 1.82) is 0 Å². The zero-order chi connectivity index (χ0) is 57.6. The summed E-state index contributed by atoms with van der Waals surface area (Å²) < 4.78 is 39.6. The molecule has 19 atom stereocenters. The van der Waals surface area contributed by atoms with E-state index in [2.05, 4.69) is 4.84 Å². The van der Waals surface area contributed by atoms with E-state index >= 15 is 0 Å². The number of allylic oxidation sites excluding steroid dienone is 6. The monoisotopic (exact) mass is 1100 g/mol. The number of methoxy groups -OCH3 is 3. The number of aliphatic hydroxyl groups is 4. The highest BCUT2D eigenvalue weighted by Gasteiger charge is 2.53. The lowest BCUT2D eigenvalue weighted by Crippen LogP contribution is -2.61. The number of cyclic esters (lactones) is 1. The van der Waals surface area contributed by atoms with E-state index in [1.165, 1.54) is 12.0 Å². The number of ketones is 3. The molecule has 440 valence electrons. The van der Waals surface area contributed by atoms with E-state index in [0.29, 0.717) is 63.4 Å². The highest BCUT2D eigenvalue weighted by Crippen LogP contribution is 2.38. The van der Waals surface area contributed by atoms with Crippen LogP contribution < -0.4 is 0 Å². The van der Waals surface area contributed by atoms with Crippen molar-refractivity contribution in [2.45, 2.75) is 204 Å². The Balaban J connectivity index is 0.000000744. The molecular formula is C57H88N2O19. The third-order valence-corrected chi connectivity index (χ3v) is 16.7. The van der Waals surface area contributed by atoms with Crippen LogP contribution in [0.25, 0.3) is 0 Å². The van der Waals surface area contributed by atoms with Crippen LogP contribution in [0.15, 0.2) is 47.6 Å². The Kier molecular flexibility index (Phi) is 24.8. The first-order chi connectivity index (χ1) is 36.9. The van der Waals surface area contributed by atoms with Crippen molar-refractivity contribution in [3.8, 4) is 0 Å². The van der Waals surface area contributed by atoms with Crippen LogP contribution in [-0.2, 0) is 62.0 Å². The lowest BCUT2D eigenvalue weighted by molar-refractivity contribution is -0.769. The summed E-state index contributed by atoms with van der Waals surface area (Å²) in [6.45, 7) is 13.0. The molecule has 4 N–H and O–H groups in total. The van der Waals surface area contributed by atoms with Crippen LogP contribution in [0, 0.1) is 45.6 Å². The van der Waals surface area contributed by atoms with Gasteiger partial charge >= 0.3 is 5.97 Å². The molecule has 0 aromatic heterocycles. The highest BCUT2D eigenvalue weighted by atomic mass is 17.0. The van der Waals surface area contributed by atoms with Crippen molar-refractivity contribution in [2.24, 2.45) is 35.5 Å². The van der Waals surface area contributed by atoms with Crippen LogP contribution in [0.5, 0.6) is 0 Å². The van der Waals surface area contributed by atoms with Gasteiger partial charge in [0.1, 0.15) is 48.4 Å². The molecule has 78 heavy (non-hydrogen) atoms. The van der Waals surface area contributed by atoms with Gasteiger partial charge < -0.3 is 63.3 Å². The van der Waals surface area contributed by atoms with Crippen LogP contribution in [0.3, 0.4) is 0 Å². The van der Waals surface area contributed by atoms with Gasteiger partial charge in [-0.05, 0) is 107 Å². The fraction of sp³-hybridized carbons (Fsp3) is 0.772. The number of ether oxygens (including phenoxy) is 7. The molecule has 6 rings (SSSR count). The van der Waals surface area contributed by atoms with E-state index in [1.807, 2.05) is 58.1 Å². The minimum Gasteiger partial charge on any atom is -0.460 e. The van der Waals surface area contributed by atoms with E-state index in [0.717, 1.165) is 12.0 Å². The van der Waals surface area contributed by atoms with Gasteiger partial charge in [0.15, 0.2) is 11.9 Å². The third kappa shape index (κ3) is 16.9. The second-order valence-corrected chi connectivity index (χ2v) is 22.6. The molecule has 1 saturated carbocycles. The molecule has 0 aromatic rings. The second-order valence-electron chi connectivity index (χ2n) is 22.6. The minimum atomic E-state index is -2.43. The topological polar surface area (TPSA) is 286 Å². The molecular weight excluding hydrogens is 1020 g/mol. The fourth-order valence-electron chi connectivity index (χ4n) is 11.8. The zero-order valence-corrected chi connectivity index (χ0v) is 47.3. The maximum Gasteiger partial charge on any atom is 0.329 e. The smallest absolute Gasteiger partial charge is 0.329 e. The van der Waals surface area contributed by atoms with E-state index in [-0.39, 0.29) is 68.0 Å². The lowest BCUT2D eigenvalue weighted by Gasteiger charge is -2.42. The summed E-state index contributed by atoms with van der Waals surface area (Å²) in [4.78, 5) is 86.1. The number of nitrogens with zero attached hydrogens (tertiary/aromatic N) is 2. The molecule has 21 nitrogen and oxygen atoms in total. The van der Waals surface area contributed by atoms with E-state index in [9.17, 15) is 54.5 Å². The van der Waals surface area contributed by atoms with Crippen molar-refractivity contribution in [3.05, 3.63) is 57.7 Å². The van der Waals surface area contributed by atoms with Crippen molar-refractivity contribution in [2.75, 3.05) is 41.1 Å². The first-order valence-corrected chi connectivity index (χ1v) is 27.8. The molecule has 0 unspecified atom stereocenters. The van der Waals surface area contributed by atoms with Crippen LogP contribution in [0.2, 0.25) is 0 Å². The van der Waals surface area contributed by atoms with Gasteiger partial charge in [-0.25, -0.2) is 4.79 Å². The summed E-state index contributed by atoms with van der Waals surface area (Å²) in [5.74, 6) is -7.96. The number of carbonyl (C=O) groups excluding carboxylic acids is 5. The van der Waals surface area contributed by atoms with Gasteiger partial charge in [-0.2, -0.15) is 0 Å². The Bertz CT molecular complexity index is 2170. The number of amides is 1. The molecule has 0 aromatic carbocycles. The molecule has 0 spiro atoms. The molecule has 6 aliphatic rings. The third-order valence-electron chi connectivity index (χ3n) is 16.7. The number of hydrogen-bond acceptors (Lipinski definition) is 19. The summed E-state index contributed by atoms with van der Waals surface area (Å²) in [6, 6.07) is -1.14. The Morgan fingerprint density at radius 1 is 0.821 bits per heavy atom. The van der Waals surface area contributed by atoms with E-state index in [4.69, 9.17) is 33.2 Å². The molecule has 5 heterocycles. The van der Waals surface area contributed by atoms with Crippen molar-refractivity contribution < 1.29 is 87.5 Å². The van der Waals surface area contributed by atoms with Crippen LogP contribution in [0.1, 0.15) is 126 Å². The van der Waals surface area contributed by atoms with Crippen LogP contribution >= 0.6 is 0 Å². The zero-order valence-electron chi connectivity index (χ0n) is 47.3. The standard InChI is InChI=1S/C51H79NO13.C6H9NO6/c1-30-16-12-11-13-17-31(2)42(61-8)28-38-21-19-36(7)51(60,65-38)48(57)49(58)52-23-15-14-18-39(52)50(59)64-43(33(4)26-37-20-22-40(53)44(27-37)62-9)29-41(54)32(3)25-35(6)46(56)47(63-10)45(55)34(5)24-30;8-3-1-11-6-4(13-7(9)10)2-12-5(3)6/h11-13,16-17,25,30,32-34,36-40,42-44,46-47,53,56,60H,14-15,18-24,26-29H2,1-10H3;3-6,8H,1-2H2/b13-11+,16-12+,31-17+,35-25+;/t30-,32-,33-,34-,36-,37+,38+,39+,40-,42+,43+,44-,46-,47+,51-;3-,4+,5+,6+/m10/s1. The lowest BCUT2D eigenvalue weighted by atomic mass is 9.78.